The first-order valence-electron chi connectivity index (χ1n) is 5.38. The van der Waals surface area contributed by atoms with Crippen LogP contribution < -0.4 is 10.7 Å². The summed E-state index contributed by atoms with van der Waals surface area (Å²) < 4.78 is 0. The Hall–Kier alpha value is -2.76. The monoisotopic (exact) mass is 240 g/mol. The van der Waals surface area contributed by atoms with Crippen LogP contribution in [0.4, 0.5) is 5.95 Å². The number of imidazole rings is 1. The van der Waals surface area contributed by atoms with Gasteiger partial charge in [0.2, 0.25) is 11.3 Å². The molecule has 0 saturated carbocycles. The second-order valence-corrected chi connectivity index (χ2v) is 3.78. The lowest BCUT2D eigenvalue weighted by Crippen LogP contribution is -2.10. The summed E-state index contributed by atoms with van der Waals surface area (Å²) in [5.74, 6) is -0.122. The van der Waals surface area contributed by atoms with Gasteiger partial charge >= 0.3 is 5.65 Å². The number of nitrogen functional groups attached to an aromatic ring is 1. The highest BCUT2D eigenvalue weighted by atomic mass is 16.1. The molecule has 1 aromatic carbocycles. The predicted octanol–water partition coefficient (Wildman–Crippen LogP) is 0.585. The first kappa shape index (κ1) is 10.4. The van der Waals surface area contributed by atoms with Crippen LogP contribution in [0.5, 0.6) is 0 Å². The number of nitrogens with one attached hydrogen (secondary N) is 2. The van der Waals surface area contributed by atoms with Crippen LogP contribution in [-0.4, -0.2) is 20.7 Å². The largest absolute Gasteiger partial charge is 0.354 e. The fraction of sp³-hybridized carbons (Fsp3) is 0. The molecule has 0 spiro atoms. The summed E-state index contributed by atoms with van der Waals surface area (Å²) in [7, 11) is 0. The maximum atomic E-state index is 12.3. The van der Waals surface area contributed by atoms with Crippen LogP contribution in [0.25, 0.3) is 11.2 Å². The molecule has 3 rings (SSSR count). The molecular formula is C12H10N5O+. The Balaban J connectivity index is 2.20. The average molecular weight is 240 g/mol. The topological polar surface area (TPSA) is 98.8 Å². The second-order valence-electron chi connectivity index (χ2n) is 3.78. The van der Waals surface area contributed by atoms with Gasteiger partial charge in [-0.1, -0.05) is 35.3 Å². The van der Waals surface area contributed by atoms with E-state index in [1.165, 1.54) is 0 Å². The Morgan fingerprint density at radius 2 is 2.00 bits per heavy atom. The summed E-state index contributed by atoms with van der Waals surface area (Å²) in [6, 6.07) is 8.92. The molecule has 6 nitrogen and oxygen atoms in total. The van der Waals surface area contributed by atoms with Crippen molar-refractivity contribution in [2.45, 2.75) is 0 Å². The highest BCUT2D eigenvalue weighted by Crippen LogP contribution is 2.15. The number of anilines is 1. The third-order valence-corrected chi connectivity index (χ3v) is 2.60. The Morgan fingerprint density at radius 3 is 2.78 bits per heavy atom. The smallest absolute Gasteiger partial charge is 0.305 e. The van der Waals surface area contributed by atoms with Crippen molar-refractivity contribution < 1.29 is 9.78 Å². The van der Waals surface area contributed by atoms with Crippen LogP contribution in [0.15, 0.2) is 36.7 Å². The standard InChI is InChI=1S/C12H9N5O/c13-12-16-8(9-11(17-12)15-6-14-9)10(18)7-4-2-1-3-5-7/h1-6H,(H3,13,14,15,16,17)/p+1. The Bertz CT molecular complexity index is 720. The number of H-pyrrole nitrogens is 2. The van der Waals surface area contributed by atoms with Gasteiger partial charge in [-0.2, -0.15) is 4.98 Å². The SMILES string of the molecule is Nc1nc(C(=O)c2ccccc2)c2[nH]c[nH+]c2n1. The lowest BCUT2D eigenvalue weighted by Gasteiger charge is -1.99. The van der Waals surface area contributed by atoms with Crippen molar-refractivity contribution in [3.8, 4) is 0 Å². The fourth-order valence-corrected chi connectivity index (χ4v) is 1.79. The van der Waals surface area contributed by atoms with E-state index in [1.54, 1.807) is 30.6 Å². The lowest BCUT2D eigenvalue weighted by molar-refractivity contribution is -0.347. The first-order valence-corrected chi connectivity index (χ1v) is 5.38. The minimum Gasteiger partial charge on any atom is -0.354 e. The van der Waals surface area contributed by atoms with E-state index >= 15 is 0 Å². The number of carbonyl (C=O) groups is 1. The molecule has 18 heavy (non-hydrogen) atoms. The molecule has 88 valence electrons. The minimum absolute atomic E-state index is 0.0673. The number of nitrogens with zero attached hydrogens (tertiary/aromatic N) is 2. The number of hydrogen-bond acceptors (Lipinski definition) is 4. The maximum Gasteiger partial charge on any atom is 0.305 e. The third-order valence-electron chi connectivity index (χ3n) is 2.60. The summed E-state index contributed by atoms with van der Waals surface area (Å²) in [4.78, 5) is 26.1. The zero-order chi connectivity index (χ0) is 12.5. The van der Waals surface area contributed by atoms with Crippen LogP contribution in [0.3, 0.4) is 0 Å². The number of fused-ring (bicyclic) bond motifs is 1. The highest BCUT2D eigenvalue weighted by molar-refractivity contribution is 6.13. The molecule has 0 aliphatic rings. The summed E-state index contributed by atoms with van der Waals surface area (Å²) in [6.07, 6.45) is 1.58. The second kappa shape index (κ2) is 3.92. The molecule has 2 aromatic heterocycles. The Labute approximate surface area is 102 Å². The van der Waals surface area contributed by atoms with Gasteiger partial charge in [-0.05, 0) is 0 Å². The van der Waals surface area contributed by atoms with E-state index in [0.717, 1.165) is 0 Å². The summed E-state index contributed by atoms with van der Waals surface area (Å²) >= 11 is 0. The molecule has 0 aliphatic heterocycles. The molecule has 0 aliphatic carbocycles. The van der Waals surface area contributed by atoms with Crippen molar-refractivity contribution in [2.24, 2.45) is 0 Å². The van der Waals surface area contributed by atoms with Gasteiger partial charge in [0.15, 0.2) is 12.0 Å². The third kappa shape index (κ3) is 1.60. The van der Waals surface area contributed by atoms with E-state index in [4.69, 9.17) is 5.73 Å². The van der Waals surface area contributed by atoms with Crippen LogP contribution in [0.2, 0.25) is 0 Å². The van der Waals surface area contributed by atoms with Crippen molar-refractivity contribution in [1.29, 1.82) is 0 Å². The number of rotatable bonds is 2. The predicted molar refractivity (Wildman–Crippen MR) is 64.7 cm³/mol. The number of aromatic amines is 2. The number of hydrogen-bond donors (Lipinski definition) is 2. The van der Waals surface area contributed by atoms with Gasteiger partial charge in [0, 0.05) is 5.56 Å². The number of benzene rings is 1. The zero-order valence-corrected chi connectivity index (χ0v) is 9.34. The van der Waals surface area contributed by atoms with Gasteiger partial charge in [0.1, 0.15) is 0 Å². The molecule has 0 saturated heterocycles. The molecule has 0 atom stereocenters. The van der Waals surface area contributed by atoms with Crippen molar-refractivity contribution in [1.82, 2.24) is 15.0 Å². The molecule has 2 heterocycles. The first-order chi connectivity index (χ1) is 8.75. The maximum absolute atomic E-state index is 12.3. The highest BCUT2D eigenvalue weighted by Gasteiger charge is 2.21. The van der Waals surface area contributed by atoms with E-state index in [-0.39, 0.29) is 17.4 Å². The zero-order valence-electron chi connectivity index (χ0n) is 9.34. The lowest BCUT2D eigenvalue weighted by atomic mass is 10.1. The van der Waals surface area contributed by atoms with E-state index in [9.17, 15) is 4.79 Å². The molecule has 6 heteroatoms. The van der Waals surface area contributed by atoms with Crippen molar-refractivity contribution in [3.05, 3.63) is 47.9 Å². The molecule has 0 fully saturated rings. The Kier molecular flexibility index (Phi) is 2.26. The van der Waals surface area contributed by atoms with Crippen LogP contribution in [0, 0.1) is 0 Å². The molecule has 0 radical (unpaired) electrons. The van der Waals surface area contributed by atoms with Gasteiger partial charge in [-0.3, -0.25) is 9.78 Å². The fourth-order valence-electron chi connectivity index (χ4n) is 1.79. The van der Waals surface area contributed by atoms with Crippen LogP contribution in [-0.2, 0) is 0 Å². The van der Waals surface area contributed by atoms with Gasteiger partial charge in [0.05, 0.1) is 0 Å². The van der Waals surface area contributed by atoms with E-state index in [2.05, 4.69) is 19.9 Å². The Morgan fingerprint density at radius 1 is 1.22 bits per heavy atom. The van der Waals surface area contributed by atoms with Gasteiger partial charge < -0.3 is 5.73 Å². The van der Waals surface area contributed by atoms with E-state index in [0.29, 0.717) is 16.7 Å². The average Bonchev–Trinajstić information content (AvgIpc) is 2.86. The molecular weight excluding hydrogens is 230 g/mol. The van der Waals surface area contributed by atoms with Crippen molar-refractivity contribution >= 4 is 22.9 Å². The van der Waals surface area contributed by atoms with Gasteiger partial charge in [-0.25, -0.2) is 4.98 Å². The van der Waals surface area contributed by atoms with Crippen molar-refractivity contribution in [3.63, 3.8) is 0 Å². The van der Waals surface area contributed by atoms with Gasteiger partial charge in [0.25, 0.3) is 5.95 Å². The van der Waals surface area contributed by atoms with Crippen molar-refractivity contribution in [2.75, 3.05) is 5.73 Å². The summed E-state index contributed by atoms with van der Waals surface area (Å²) in [5, 5.41) is 0. The number of ketones is 1. The van der Waals surface area contributed by atoms with E-state index in [1.807, 2.05) is 6.07 Å². The van der Waals surface area contributed by atoms with Gasteiger partial charge in [-0.15, -0.1) is 0 Å². The molecule has 0 bridgehead atoms. The number of aromatic nitrogens is 4. The van der Waals surface area contributed by atoms with Crippen LogP contribution in [0.1, 0.15) is 16.1 Å². The minimum atomic E-state index is -0.189. The number of carbonyl (C=O) groups excluding carboxylic acids is 1. The quantitative estimate of drug-likeness (QED) is 0.640. The molecule has 4 N–H and O–H groups in total. The normalized spacial score (nSPS) is 10.7. The van der Waals surface area contributed by atoms with Crippen LogP contribution >= 0.6 is 0 Å². The molecule has 0 amide bonds. The van der Waals surface area contributed by atoms with E-state index < -0.39 is 0 Å². The summed E-state index contributed by atoms with van der Waals surface area (Å²) in [6.45, 7) is 0. The molecule has 0 unspecified atom stereocenters. The summed E-state index contributed by atoms with van der Waals surface area (Å²) in [5.41, 5.74) is 7.49. The number of nitrogens with two attached hydrogens (primary N) is 1. The molecule has 3 aromatic rings.